The van der Waals surface area contributed by atoms with Crippen molar-refractivity contribution < 1.29 is 23.9 Å². The van der Waals surface area contributed by atoms with Gasteiger partial charge in [-0.15, -0.1) is 0 Å². The smallest absolute Gasteiger partial charge is 0.321 e. The van der Waals surface area contributed by atoms with Crippen molar-refractivity contribution in [1.82, 2.24) is 20.1 Å². The van der Waals surface area contributed by atoms with Crippen LogP contribution in [0.25, 0.3) is 5.69 Å². The highest BCUT2D eigenvalue weighted by Crippen LogP contribution is 2.38. The second kappa shape index (κ2) is 13.5. The standard InChI is InChI=1S/C35H38N6O5/c1-23-10-12-25(13-11-23)41-31(19-29(40-41)34(2,3)4)39-33(44)37-28-14-16-35(22-42,27-9-7-6-8-26(27)28)46-20-24-15-17-36-30(18-24)38-32(43)21-45-5/h6-19,22,28H,20-21H2,1-5H3,(H,36,38,43)(H2,37,39,44)/t28-,35-/m0/s1. The van der Waals surface area contributed by atoms with E-state index < -0.39 is 17.7 Å². The highest BCUT2D eigenvalue weighted by molar-refractivity contribution is 5.91. The number of benzene rings is 2. The van der Waals surface area contributed by atoms with E-state index in [1.54, 1.807) is 35.2 Å². The lowest BCUT2D eigenvalue weighted by Crippen LogP contribution is -2.39. The minimum atomic E-state index is -1.39. The number of carbonyl (C=O) groups is 3. The largest absolute Gasteiger partial charge is 0.375 e. The molecule has 0 radical (unpaired) electrons. The quantitative estimate of drug-likeness (QED) is 0.157. The molecule has 46 heavy (non-hydrogen) atoms. The molecule has 0 unspecified atom stereocenters. The Balaban J connectivity index is 1.34. The molecule has 5 rings (SSSR count). The fraction of sp³-hybridized carbons (Fsp3) is 0.286. The van der Waals surface area contributed by atoms with Crippen molar-refractivity contribution in [1.29, 1.82) is 0 Å². The van der Waals surface area contributed by atoms with Crippen LogP contribution in [0.4, 0.5) is 16.4 Å². The summed E-state index contributed by atoms with van der Waals surface area (Å²) in [5.74, 6) is 0.537. The zero-order valence-electron chi connectivity index (χ0n) is 26.5. The lowest BCUT2D eigenvalue weighted by molar-refractivity contribution is -0.128. The number of anilines is 2. The third-order valence-electron chi connectivity index (χ3n) is 7.56. The van der Waals surface area contributed by atoms with E-state index in [9.17, 15) is 14.4 Å². The number of hydrogen-bond acceptors (Lipinski definition) is 7. The molecule has 238 valence electrons. The lowest BCUT2D eigenvalue weighted by Gasteiger charge is -2.34. The van der Waals surface area contributed by atoms with Crippen LogP contribution in [0, 0.1) is 6.92 Å². The first-order chi connectivity index (χ1) is 22.0. The Labute approximate surface area is 268 Å². The van der Waals surface area contributed by atoms with E-state index in [1.165, 1.54) is 7.11 Å². The van der Waals surface area contributed by atoms with Gasteiger partial charge in [0, 0.05) is 30.4 Å². The van der Waals surface area contributed by atoms with Gasteiger partial charge in [-0.1, -0.05) is 68.8 Å². The lowest BCUT2D eigenvalue weighted by atomic mass is 9.82. The van der Waals surface area contributed by atoms with Crippen LogP contribution in [-0.2, 0) is 36.7 Å². The first-order valence-electron chi connectivity index (χ1n) is 14.9. The summed E-state index contributed by atoms with van der Waals surface area (Å²) in [5.41, 5.74) is 3.19. The van der Waals surface area contributed by atoms with Crippen molar-refractivity contribution in [2.45, 2.75) is 51.4 Å². The zero-order chi connectivity index (χ0) is 32.9. The number of nitrogens with one attached hydrogen (secondary N) is 3. The van der Waals surface area contributed by atoms with E-state index in [-0.39, 0.29) is 24.5 Å². The SMILES string of the molecule is COCC(=O)Nc1cc(CO[C@]2(C=O)C=C[C@H](NC(=O)Nc3cc(C(C)(C)C)nn3-c3ccc(C)cc3)c3ccccc32)ccn1. The van der Waals surface area contributed by atoms with Gasteiger partial charge in [-0.05, 0) is 48.4 Å². The number of ether oxygens (including phenoxy) is 2. The zero-order valence-corrected chi connectivity index (χ0v) is 26.5. The molecule has 1 aliphatic rings. The number of aldehydes is 1. The Hall–Kier alpha value is -5.13. The van der Waals surface area contributed by atoms with E-state index in [1.807, 2.05) is 61.5 Å². The van der Waals surface area contributed by atoms with Gasteiger partial charge in [0.15, 0.2) is 11.9 Å². The first kappa shape index (κ1) is 32.3. The normalized spacial score (nSPS) is 17.2. The Morgan fingerprint density at radius 1 is 1.04 bits per heavy atom. The number of hydrogen-bond donors (Lipinski definition) is 3. The molecule has 3 amide bonds. The summed E-state index contributed by atoms with van der Waals surface area (Å²) in [7, 11) is 1.43. The molecule has 1 aliphatic carbocycles. The molecule has 11 nitrogen and oxygen atoms in total. The summed E-state index contributed by atoms with van der Waals surface area (Å²) in [6, 6.07) is 19.6. The number of carbonyl (C=O) groups excluding carboxylic acids is 3. The molecule has 3 N–H and O–H groups in total. The van der Waals surface area contributed by atoms with Crippen LogP contribution in [0.15, 0.2) is 85.1 Å². The highest BCUT2D eigenvalue weighted by atomic mass is 16.5. The van der Waals surface area contributed by atoms with Gasteiger partial charge in [-0.2, -0.15) is 5.10 Å². The number of aromatic nitrogens is 3. The highest BCUT2D eigenvalue weighted by Gasteiger charge is 2.37. The molecule has 0 saturated heterocycles. The number of nitrogens with zero attached hydrogens (tertiary/aromatic N) is 3. The number of fused-ring (bicyclic) bond motifs is 1. The average Bonchev–Trinajstić information content (AvgIpc) is 3.46. The number of methoxy groups -OCH3 is 1. The fourth-order valence-corrected chi connectivity index (χ4v) is 5.10. The Morgan fingerprint density at radius 3 is 2.52 bits per heavy atom. The molecule has 11 heteroatoms. The van der Waals surface area contributed by atoms with E-state index in [0.29, 0.717) is 22.8 Å². The van der Waals surface area contributed by atoms with Crippen molar-refractivity contribution in [3.05, 3.63) is 113 Å². The maximum absolute atomic E-state index is 13.4. The Bertz CT molecular complexity index is 1760. The molecule has 0 fully saturated rings. The van der Waals surface area contributed by atoms with Crippen LogP contribution in [0.5, 0.6) is 0 Å². The molecular formula is C35H38N6O5. The summed E-state index contributed by atoms with van der Waals surface area (Å²) in [6.07, 6.45) is 5.70. The van der Waals surface area contributed by atoms with Gasteiger partial charge in [-0.3, -0.25) is 14.9 Å². The predicted octanol–water partition coefficient (Wildman–Crippen LogP) is 5.50. The minimum Gasteiger partial charge on any atom is -0.375 e. The van der Waals surface area contributed by atoms with Crippen LogP contribution < -0.4 is 16.0 Å². The Morgan fingerprint density at radius 2 is 1.80 bits per heavy atom. The maximum atomic E-state index is 13.4. The second-order valence-electron chi connectivity index (χ2n) is 12.2. The van der Waals surface area contributed by atoms with Crippen molar-refractivity contribution >= 4 is 29.9 Å². The van der Waals surface area contributed by atoms with Crippen molar-refractivity contribution in [3.8, 4) is 5.69 Å². The van der Waals surface area contributed by atoms with Crippen molar-refractivity contribution in [2.75, 3.05) is 24.4 Å². The van der Waals surface area contributed by atoms with Gasteiger partial charge < -0.3 is 20.1 Å². The van der Waals surface area contributed by atoms with E-state index in [4.69, 9.17) is 14.6 Å². The van der Waals surface area contributed by atoms with E-state index in [2.05, 4.69) is 41.7 Å². The van der Waals surface area contributed by atoms with Gasteiger partial charge in [0.2, 0.25) is 0 Å². The Kier molecular flexibility index (Phi) is 9.45. The van der Waals surface area contributed by atoms with Gasteiger partial charge in [0.1, 0.15) is 18.2 Å². The van der Waals surface area contributed by atoms with E-state index >= 15 is 0 Å². The third kappa shape index (κ3) is 7.22. The molecule has 2 aromatic carbocycles. The second-order valence-corrected chi connectivity index (χ2v) is 12.2. The topological polar surface area (TPSA) is 136 Å². The molecule has 0 saturated carbocycles. The average molecular weight is 623 g/mol. The summed E-state index contributed by atoms with van der Waals surface area (Å²) >= 11 is 0. The molecular weight excluding hydrogens is 584 g/mol. The van der Waals surface area contributed by atoms with Crippen LogP contribution in [-0.4, -0.2) is 46.7 Å². The van der Waals surface area contributed by atoms with Crippen LogP contribution in [0.3, 0.4) is 0 Å². The summed E-state index contributed by atoms with van der Waals surface area (Å²) in [4.78, 5) is 42.1. The minimum absolute atomic E-state index is 0.0603. The number of aryl methyl sites for hydroxylation is 1. The first-order valence-corrected chi connectivity index (χ1v) is 14.9. The fourth-order valence-electron chi connectivity index (χ4n) is 5.10. The van der Waals surface area contributed by atoms with Gasteiger partial charge in [0.05, 0.1) is 24.0 Å². The third-order valence-corrected chi connectivity index (χ3v) is 7.56. The van der Waals surface area contributed by atoms with Crippen LogP contribution >= 0.6 is 0 Å². The molecule has 0 aliphatic heterocycles. The number of pyridine rings is 1. The number of urea groups is 1. The predicted molar refractivity (Wildman–Crippen MR) is 175 cm³/mol. The molecule has 2 heterocycles. The van der Waals surface area contributed by atoms with E-state index in [0.717, 1.165) is 28.8 Å². The number of amides is 3. The molecule has 0 bridgehead atoms. The monoisotopic (exact) mass is 622 g/mol. The van der Waals surface area contributed by atoms with Gasteiger partial charge in [0.25, 0.3) is 5.91 Å². The summed E-state index contributed by atoms with van der Waals surface area (Å²) in [5, 5.41) is 13.5. The molecule has 0 spiro atoms. The number of rotatable bonds is 10. The molecule has 2 atom stereocenters. The van der Waals surface area contributed by atoms with Crippen LogP contribution in [0.1, 0.15) is 54.8 Å². The van der Waals surface area contributed by atoms with Crippen molar-refractivity contribution in [2.24, 2.45) is 0 Å². The van der Waals surface area contributed by atoms with Crippen LogP contribution in [0.2, 0.25) is 0 Å². The molecule has 2 aromatic heterocycles. The summed E-state index contributed by atoms with van der Waals surface area (Å²) in [6.45, 7) is 8.18. The summed E-state index contributed by atoms with van der Waals surface area (Å²) < 4.78 is 12.8. The van der Waals surface area contributed by atoms with Crippen molar-refractivity contribution in [3.63, 3.8) is 0 Å². The molecule has 4 aromatic rings. The van der Waals surface area contributed by atoms with Gasteiger partial charge >= 0.3 is 6.03 Å². The maximum Gasteiger partial charge on any atom is 0.321 e. The van der Waals surface area contributed by atoms with Gasteiger partial charge in [-0.25, -0.2) is 14.5 Å².